The Morgan fingerprint density at radius 2 is 1.59 bits per heavy atom. The minimum Gasteiger partial charge on any atom is -0.457 e. The largest absolute Gasteiger partial charge is 0.457 e. The van der Waals surface area contributed by atoms with Crippen molar-refractivity contribution in [2.45, 2.75) is 6.42 Å². The summed E-state index contributed by atoms with van der Waals surface area (Å²) in [6.07, 6.45) is 0.0770. The number of rotatable bonds is 6. The SMILES string of the molecule is O=C(Nc1ccc(Oc2ccc(Br)cc2)cc1)[C@@H]1CC(=O)N(c2ccc([N+](=O)[O-])cc2)C1. The van der Waals surface area contributed by atoms with Crippen LogP contribution in [0.5, 0.6) is 11.5 Å². The van der Waals surface area contributed by atoms with Gasteiger partial charge in [0.1, 0.15) is 11.5 Å². The highest BCUT2D eigenvalue weighted by atomic mass is 79.9. The van der Waals surface area contributed by atoms with Crippen LogP contribution in [0.4, 0.5) is 17.1 Å². The summed E-state index contributed by atoms with van der Waals surface area (Å²) >= 11 is 3.38. The number of nitro benzene ring substituents is 1. The molecular formula is C23H18BrN3O5. The molecule has 162 valence electrons. The zero-order chi connectivity index (χ0) is 22.7. The minimum absolute atomic E-state index is 0.0535. The Balaban J connectivity index is 1.36. The van der Waals surface area contributed by atoms with E-state index in [4.69, 9.17) is 4.74 Å². The summed E-state index contributed by atoms with van der Waals surface area (Å²) in [5.41, 5.74) is 1.08. The van der Waals surface area contributed by atoms with Gasteiger partial charge in [-0.05, 0) is 60.7 Å². The molecule has 0 aliphatic carbocycles. The van der Waals surface area contributed by atoms with Crippen molar-refractivity contribution in [2.24, 2.45) is 5.92 Å². The topological polar surface area (TPSA) is 102 Å². The summed E-state index contributed by atoms with van der Waals surface area (Å²) in [5, 5.41) is 13.6. The third-order valence-electron chi connectivity index (χ3n) is 5.04. The van der Waals surface area contributed by atoms with Gasteiger partial charge < -0.3 is 15.0 Å². The molecule has 1 saturated heterocycles. The molecule has 3 aromatic rings. The Labute approximate surface area is 192 Å². The molecule has 0 unspecified atom stereocenters. The molecule has 1 aliphatic rings. The Kier molecular flexibility index (Phi) is 6.18. The van der Waals surface area contributed by atoms with Crippen molar-refractivity contribution >= 4 is 44.8 Å². The van der Waals surface area contributed by atoms with Crippen LogP contribution in [-0.2, 0) is 9.59 Å². The van der Waals surface area contributed by atoms with E-state index in [1.807, 2.05) is 24.3 Å². The molecule has 0 radical (unpaired) electrons. The van der Waals surface area contributed by atoms with E-state index in [0.717, 1.165) is 4.47 Å². The average molecular weight is 496 g/mol. The lowest BCUT2D eigenvalue weighted by molar-refractivity contribution is -0.384. The van der Waals surface area contributed by atoms with Crippen molar-refractivity contribution in [1.82, 2.24) is 0 Å². The summed E-state index contributed by atoms with van der Waals surface area (Å²) in [6.45, 7) is 0.216. The number of nitrogens with zero attached hydrogens (tertiary/aromatic N) is 2. The molecule has 1 fully saturated rings. The van der Waals surface area contributed by atoms with E-state index in [1.165, 1.54) is 29.2 Å². The second-order valence-corrected chi connectivity index (χ2v) is 8.16. The lowest BCUT2D eigenvalue weighted by Gasteiger charge is -2.16. The number of anilines is 2. The Morgan fingerprint density at radius 3 is 2.19 bits per heavy atom. The van der Waals surface area contributed by atoms with Crippen LogP contribution in [0.2, 0.25) is 0 Å². The lowest BCUT2D eigenvalue weighted by atomic mass is 10.1. The summed E-state index contributed by atoms with van der Waals surface area (Å²) < 4.78 is 6.73. The molecule has 1 heterocycles. The van der Waals surface area contributed by atoms with Crippen LogP contribution in [0.25, 0.3) is 0 Å². The second-order valence-electron chi connectivity index (χ2n) is 7.25. The number of nitrogens with one attached hydrogen (secondary N) is 1. The van der Waals surface area contributed by atoms with E-state index in [2.05, 4.69) is 21.2 Å². The zero-order valence-corrected chi connectivity index (χ0v) is 18.3. The minimum atomic E-state index is -0.517. The van der Waals surface area contributed by atoms with Crippen LogP contribution in [0.1, 0.15) is 6.42 Å². The fourth-order valence-electron chi connectivity index (χ4n) is 3.38. The smallest absolute Gasteiger partial charge is 0.269 e. The molecule has 9 heteroatoms. The molecule has 32 heavy (non-hydrogen) atoms. The van der Waals surface area contributed by atoms with Crippen LogP contribution in [0.3, 0.4) is 0 Å². The molecule has 8 nitrogen and oxygen atoms in total. The first-order valence-corrected chi connectivity index (χ1v) is 10.6. The number of nitro groups is 1. The van der Waals surface area contributed by atoms with E-state index < -0.39 is 10.8 Å². The van der Waals surface area contributed by atoms with Gasteiger partial charge in [-0.15, -0.1) is 0 Å². The third-order valence-corrected chi connectivity index (χ3v) is 5.57. The van der Waals surface area contributed by atoms with Gasteiger partial charge in [0.05, 0.1) is 10.8 Å². The summed E-state index contributed by atoms with van der Waals surface area (Å²) in [7, 11) is 0. The molecule has 4 rings (SSSR count). The van der Waals surface area contributed by atoms with Crippen LogP contribution in [0.15, 0.2) is 77.3 Å². The summed E-state index contributed by atoms with van der Waals surface area (Å²) in [6, 6.07) is 20.1. The van der Waals surface area contributed by atoms with E-state index in [1.54, 1.807) is 24.3 Å². The highest BCUT2D eigenvalue weighted by molar-refractivity contribution is 9.10. The molecule has 0 aromatic heterocycles. The second kappa shape index (κ2) is 9.19. The van der Waals surface area contributed by atoms with Crippen molar-refractivity contribution in [3.05, 3.63) is 87.4 Å². The first kappa shape index (κ1) is 21.5. The van der Waals surface area contributed by atoms with Crippen LogP contribution < -0.4 is 15.0 Å². The van der Waals surface area contributed by atoms with Gasteiger partial charge in [0, 0.05) is 40.9 Å². The number of halogens is 1. The molecule has 0 bridgehead atoms. The molecule has 1 N–H and O–H groups in total. The quantitative estimate of drug-likeness (QED) is 0.376. The predicted molar refractivity (Wildman–Crippen MR) is 123 cm³/mol. The number of hydrogen-bond donors (Lipinski definition) is 1. The Bertz CT molecular complexity index is 1150. The fraction of sp³-hybridized carbons (Fsp3) is 0.130. The molecule has 2 amide bonds. The van der Waals surface area contributed by atoms with Crippen LogP contribution >= 0.6 is 15.9 Å². The number of carbonyl (C=O) groups is 2. The van der Waals surface area contributed by atoms with E-state index in [0.29, 0.717) is 22.9 Å². The molecular weight excluding hydrogens is 478 g/mol. The number of benzene rings is 3. The number of amides is 2. The molecule has 0 spiro atoms. The van der Waals surface area contributed by atoms with Crippen molar-refractivity contribution in [1.29, 1.82) is 0 Å². The Hall–Kier alpha value is -3.72. The molecule has 3 aromatic carbocycles. The Morgan fingerprint density at radius 1 is 1.00 bits per heavy atom. The lowest BCUT2D eigenvalue weighted by Crippen LogP contribution is -2.28. The van der Waals surface area contributed by atoms with Crippen molar-refractivity contribution in [3.63, 3.8) is 0 Å². The van der Waals surface area contributed by atoms with Gasteiger partial charge in [0.25, 0.3) is 5.69 Å². The van der Waals surface area contributed by atoms with Gasteiger partial charge in [-0.1, -0.05) is 15.9 Å². The predicted octanol–water partition coefficient (Wildman–Crippen LogP) is 5.14. The maximum absolute atomic E-state index is 12.7. The number of carbonyl (C=O) groups excluding carboxylic acids is 2. The maximum atomic E-state index is 12.7. The standard InChI is InChI=1S/C23H18BrN3O5/c24-16-1-9-20(10-2-16)32-21-11-3-17(4-12-21)25-23(29)15-13-22(28)26(14-15)18-5-7-19(8-6-18)27(30)31/h1-12,15H,13-14H2,(H,25,29)/t15-/m1/s1. The van der Waals surface area contributed by atoms with Gasteiger partial charge >= 0.3 is 0 Å². The third kappa shape index (κ3) is 4.94. The van der Waals surface area contributed by atoms with E-state index in [-0.39, 0.29) is 30.5 Å². The first-order valence-electron chi connectivity index (χ1n) is 9.78. The summed E-state index contributed by atoms with van der Waals surface area (Å²) in [5.74, 6) is 0.351. The average Bonchev–Trinajstić information content (AvgIpc) is 3.18. The number of ether oxygens (including phenoxy) is 1. The molecule has 1 atom stereocenters. The van der Waals surface area contributed by atoms with Gasteiger partial charge in [0.2, 0.25) is 11.8 Å². The van der Waals surface area contributed by atoms with Crippen molar-refractivity contribution < 1.29 is 19.2 Å². The first-order chi connectivity index (χ1) is 15.4. The van der Waals surface area contributed by atoms with Gasteiger partial charge in [-0.2, -0.15) is 0 Å². The molecule has 0 saturated carbocycles. The highest BCUT2D eigenvalue weighted by Crippen LogP contribution is 2.28. The van der Waals surface area contributed by atoms with Gasteiger partial charge in [-0.3, -0.25) is 19.7 Å². The van der Waals surface area contributed by atoms with Gasteiger partial charge in [0.15, 0.2) is 0 Å². The number of hydrogen-bond acceptors (Lipinski definition) is 5. The number of non-ortho nitro benzene ring substituents is 1. The van der Waals surface area contributed by atoms with Crippen LogP contribution in [0, 0.1) is 16.0 Å². The summed E-state index contributed by atoms with van der Waals surface area (Å²) in [4.78, 5) is 36.8. The fourth-order valence-corrected chi connectivity index (χ4v) is 3.64. The monoisotopic (exact) mass is 495 g/mol. The van der Waals surface area contributed by atoms with Gasteiger partial charge in [-0.25, -0.2) is 0 Å². The van der Waals surface area contributed by atoms with E-state index in [9.17, 15) is 19.7 Å². The normalized spacial score (nSPS) is 15.5. The van der Waals surface area contributed by atoms with Crippen molar-refractivity contribution in [3.8, 4) is 11.5 Å². The van der Waals surface area contributed by atoms with E-state index >= 15 is 0 Å². The molecule has 1 aliphatic heterocycles. The van der Waals surface area contributed by atoms with Crippen LogP contribution in [-0.4, -0.2) is 23.3 Å². The zero-order valence-electron chi connectivity index (χ0n) is 16.7. The van der Waals surface area contributed by atoms with Crippen molar-refractivity contribution in [2.75, 3.05) is 16.8 Å². The maximum Gasteiger partial charge on any atom is 0.269 e. The highest BCUT2D eigenvalue weighted by Gasteiger charge is 2.35.